The predicted octanol–water partition coefficient (Wildman–Crippen LogP) is 2.57. The van der Waals surface area contributed by atoms with Gasteiger partial charge >= 0.3 is 5.97 Å². The molecule has 1 fully saturated rings. The first-order chi connectivity index (χ1) is 12.1. The van der Waals surface area contributed by atoms with Crippen molar-refractivity contribution < 1.29 is 14.6 Å². The number of carboxylic acids is 1. The summed E-state index contributed by atoms with van der Waals surface area (Å²) in [6.45, 7) is 6.15. The molecule has 132 valence electrons. The third kappa shape index (κ3) is 4.78. The molecular weight excluding hydrogens is 318 g/mol. The lowest BCUT2D eigenvalue weighted by Gasteiger charge is -2.31. The number of aromatic carboxylic acids is 1. The van der Waals surface area contributed by atoms with Crippen molar-refractivity contribution in [2.24, 2.45) is 0 Å². The van der Waals surface area contributed by atoms with Crippen LogP contribution in [0.1, 0.15) is 27.7 Å². The van der Waals surface area contributed by atoms with Gasteiger partial charge in [-0.05, 0) is 24.6 Å². The highest BCUT2D eigenvalue weighted by Gasteiger charge is 2.19. The molecule has 0 radical (unpaired) electrons. The highest BCUT2D eigenvalue weighted by atomic mass is 16.5. The number of carboxylic acid groups (broad SMARTS) is 1. The smallest absolute Gasteiger partial charge is 0.354 e. The fourth-order valence-electron chi connectivity index (χ4n) is 2.89. The number of nitrogens with one attached hydrogen (secondary N) is 1. The number of carbonyl (C=O) groups is 1. The van der Waals surface area contributed by atoms with Crippen molar-refractivity contribution in [1.82, 2.24) is 9.88 Å². The highest BCUT2D eigenvalue weighted by Crippen LogP contribution is 2.21. The van der Waals surface area contributed by atoms with Crippen molar-refractivity contribution in [2.75, 3.05) is 38.2 Å². The van der Waals surface area contributed by atoms with Gasteiger partial charge < -0.3 is 15.2 Å². The number of pyridine rings is 1. The number of hydrogen-bond acceptors (Lipinski definition) is 5. The van der Waals surface area contributed by atoms with Gasteiger partial charge in [0.2, 0.25) is 0 Å². The van der Waals surface area contributed by atoms with Gasteiger partial charge in [-0.3, -0.25) is 4.90 Å². The summed E-state index contributed by atoms with van der Waals surface area (Å²) < 4.78 is 5.42. The van der Waals surface area contributed by atoms with E-state index in [1.165, 1.54) is 11.6 Å². The van der Waals surface area contributed by atoms with Crippen LogP contribution < -0.4 is 5.32 Å². The van der Waals surface area contributed by atoms with E-state index >= 15 is 0 Å². The van der Waals surface area contributed by atoms with E-state index in [1.54, 1.807) is 12.1 Å². The fourth-order valence-corrected chi connectivity index (χ4v) is 2.89. The van der Waals surface area contributed by atoms with Crippen LogP contribution in [0, 0.1) is 6.92 Å². The Labute approximate surface area is 147 Å². The number of nitrogens with zero attached hydrogens (tertiary/aromatic N) is 2. The topological polar surface area (TPSA) is 74.7 Å². The van der Waals surface area contributed by atoms with Crippen LogP contribution in [-0.4, -0.2) is 53.8 Å². The van der Waals surface area contributed by atoms with Crippen molar-refractivity contribution in [3.8, 4) is 0 Å². The Morgan fingerprint density at radius 2 is 1.96 bits per heavy atom. The van der Waals surface area contributed by atoms with Gasteiger partial charge in [-0.1, -0.05) is 35.9 Å². The Morgan fingerprint density at radius 1 is 1.24 bits per heavy atom. The summed E-state index contributed by atoms with van der Waals surface area (Å²) in [7, 11) is 0. The van der Waals surface area contributed by atoms with Gasteiger partial charge in [-0.25, -0.2) is 9.78 Å². The molecular formula is C19H23N3O3. The average molecular weight is 341 g/mol. The van der Waals surface area contributed by atoms with Gasteiger partial charge in [0.15, 0.2) is 5.69 Å². The summed E-state index contributed by atoms with van der Waals surface area (Å²) in [4.78, 5) is 17.7. The summed E-state index contributed by atoms with van der Waals surface area (Å²) >= 11 is 0. The third-order valence-electron chi connectivity index (χ3n) is 4.31. The lowest BCUT2D eigenvalue weighted by atomic mass is 10.0. The Kier molecular flexibility index (Phi) is 5.63. The molecule has 2 aromatic rings. The summed E-state index contributed by atoms with van der Waals surface area (Å²) in [5.41, 5.74) is 2.40. The zero-order valence-corrected chi connectivity index (χ0v) is 14.3. The quantitative estimate of drug-likeness (QED) is 0.841. The molecule has 3 rings (SSSR count). The summed E-state index contributed by atoms with van der Waals surface area (Å²) in [5, 5.41) is 12.5. The normalized spacial score (nSPS) is 16.4. The molecule has 1 saturated heterocycles. The van der Waals surface area contributed by atoms with E-state index in [4.69, 9.17) is 9.84 Å². The Balaban J connectivity index is 1.81. The van der Waals surface area contributed by atoms with Crippen LogP contribution in [0.5, 0.6) is 0 Å². The minimum absolute atomic E-state index is 0.0234. The van der Waals surface area contributed by atoms with Crippen molar-refractivity contribution in [1.29, 1.82) is 0 Å². The maximum absolute atomic E-state index is 11.2. The van der Waals surface area contributed by atoms with Crippen LogP contribution in [0.15, 0.2) is 42.5 Å². The van der Waals surface area contributed by atoms with Crippen LogP contribution in [0.25, 0.3) is 0 Å². The third-order valence-corrected chi connectivity index (χ3v) is 4.31. The lowest BCUT2D eigenvalue weighted by Crippen LogP contribution is -2.40. The standard InChI is InChI=1S/C19H23N3O3/c1-14-5-7-15(8-6-14)17(13-22-9-11-25-12-10-22)21-18-4-2-3-16(20-18)19(23)24/h2-8,17H,9-13H2,1H3,(H,20,21)(H,23,24). The second kappa shape index (κ2) is 8.09. The fraction of sp³-hybridized carbons (Fsp3) is 0.368. The summed E-state index contributed by atoms with van der Waals surface area (Å²) in [6.07, 6.45) is 0. The molecule has 0 spiro atoms. The number of benzene rings is 1. The summed E-state index contributed by atoms with van der Waals surface area (Å²) in [5.74, 6) is -0.456. The molecule has 1 atom stereocenters. The first-order valence-corrected chi connectivity index (χ1v) is 8.45. The van der Waals surface area contributed by atoms with E-state index in [2.05, 4.69) is 46.4 Å². The number of anilines is 1. The maximum Gasteiger partial charge on any atom is 0.354 e. The number of aromatic nitrogens is 1. The van der Waals surface area contributed by atoms with Crippen molar-refractivity contribution in [3.05, 3.63) is 59.3 Å². The van der Waals surface area contributed by atoms with Gasteiger partial charge in [0.05, 0.1) is 19.3 Å². The maximum atomic E-state index is 11.2. The van der Waals surface area contributed by atoms with E-state index in [0.29, 0.717) is 5.82 Å². The number of hydrogen-bond donors (Lipinski definition) is 2. The van der Waals surface area contributed by atoms with E-state index in [9.17, 15) is 4.79 Å². The molecule has 6 nitrogen and oxygen atoms in total. The lowest BCUT2D eigenvalue weighted by molar-refractivity contribution is 0.0360. The van der Waals surface area contributed by atoms with E-state index in [-0.39, 0.29) is 11.7 Å². The minimum Gasteiger partial charge on any atom is -0.477 e. The molecule has 6 heteroatoms. The van der Waals surface area contributed by atoms with Gasteiger partial charge in [-0.15, -0.1) is 0 Å². The molecule has 0 amide bonds. The van der Waals surface area contributed by atoms with Crippen molar-refractivity contribution >= 4 is 11.8 Å². The first kappa shape index (κ1) is 17.4. The zero-order valence-electron chi connectivity index (χ0n) is 14.3. The van der Waals surface area contributed by atoms with Crippen LogP contribution >= 0.6 is 0 Å². The van der Waals surface area contributed by atoms with Gasteiger partial charge in [0.1, 0.15) is 5.82 Å². The van der Waals surface area contributed by atoms with Gasteiger partial charge in [0.25, 0.3) is 0 Å². The van der Waals surface area contributed by atoms with Gasteiger partial charge in [0, 0.05) is 19.6 Å². The molecule has 25 heavy (non-hydrogen) atoms. The average Bonchev–Trinajstić information content (AvgIpc) is 2.63. The minimum atomic E-state index is -1.02. The number of aryl methyl sites for hydroxylation is 1. The molecule has 2 heterocycles. The van der Waals surface area contributed by atoms with E-state index in [0.717, 1.165) is 38.4 Å². The Morgan fingerprint density at radius 3 is 2.64 bits per heavy atom. The summed E-state index contributed by atoms with van der Waals surface area (Å²) in [6, 6.07) is 13.4. The molecule has 0 saturated carbocycles. The largest absolute Gasteiger partial charge is 0.477 e. The van der Waals surface area contributed by atoms with E-state index < -0.39 is 5.97 Å². The number of morpholine rings is 1. The molecule has 2 N–H and O–H groups in total. The Hall–Kier alpha value is -2.44. The Bertz CT molecular complexity index is 712. The van der Waals surface area contributed by atoms with Crippen LogP contribution in [0.4, 0.5) is 5.82 Å². The zero-order chi connectivity index (χ0) is 17.6. The monoisotopic (exact) mass is 341 g/mol. The highest BCUT2D eigenvalue weighted by molar-refractivity contribution is 5.85. The van der Waals surface area contributed by atoms with Crippen molar-refractivity contribution in [2.45, 2.75) is 13.0 Å². The van der Waals surface area contributed by atoms with Crippen molar-refractivity contribution in [3.63, 3.8) is 0 Å². The van der Waals surface area contributed by atoms with Gasteiger partial charge in [-0.2, -0.15) is 0 Å². The number of ether oxygens (including phenoxy) is 1. The second-order valence-electron chi connectivity index (χ2n) is 6.23. The first-order valence-electron chi connectivity index (χ1n) is 8.45. The van der Waals surface area contributed by atoms with E-state index in [1.807, 2.05) is 0 Å². The molecule has 1 aliphatic rings. The SMILES string of the molecule is Cc1ccc(C(CN2CCOCC2)Nc2cccc(C(=O)O)n2)cc1. The van der Waals surface area contributed by atoms with Crippen LogP contribution in [-0.2, 0) is 4.74 Å². The molecule has 1 aromatic heterocycles. The molecule has 1 aromatic carbocycles. The molecule has 0 aliphatic carbocycles. The number of rotatable bonds is 6. The van der Waals surface area contributed by atoms with Crippen LogP contribution in [0.3, 0.4) is 0 Å². The van der Waals surface area contributed by atoms with Crippen LogP contribution in [0.2, 0.25) is 0 Å². The molecule has 1 aliphatic heterocycles. The molecule has 1 unspecified atom stereocenters. The molecule has 0 bridgehead atoms. The predicted molar refractivity (Wildman–Crippen MR) is 96.0 cm³/mol. The second-order valence-corrected chi connectivity index (χ2v) is 6.23.